The van der Waals surface area contributed by atoms with Gasteiger partial charge in [0.05, 0.1) is 16.6 Å². The molecule has 2 aromatic carbocycles. The first-order valence-electron chi connectivity index (χ1n) is 9.63. The summed E-state index contributed by atoms with van der Waals surface area (Å²) in [5, 5.41) is 7.64. The van der Waals surface area contributed by atoms with Gasteiger partial charge in [-0.15, -0.1) is 11.3 Å². The van der Waals surface area contributed by atoms with Crippen molar-refractivity contribution in [3.8, 4) is 0 Å². The van der Waals surface area contributed by atoms with Crippen molar-refractivity contribution in [3.05, 3.63) is 93.7 Å². The molecule has 0 unspecified atom stereocenters. The van der Waals surface area contributed by atoms with E-state index in [9.17, 15) is 18.4 Å². The number of likely N-dealkylation sites (N-methyl/N-ethyl adjacent to an activating group) is 1. The summed E-state index contributed by atoms with van der Waals surface area (Å²) in [7, 11) is 1.46. The first-order valence-corrected chi connectivity index (χ1v) is 10.5. The highest BCUT2D eigenvalue weighted by Crippen LogP contribution is 2.35. The maximum absolute atomic E-state index is 14.5. The molecule has 0 N–H and O–H groups in total. The molecule has 0 aliphatic carbocycles. The summed E-state index contributed by atoms with van der Waals surface area (Å²) in [6, 6.07) is 14.7. The van der Waals surface area contributed by atoms with Crippen molar-refractivity contribution in [2.45, 2.75) is 12.5 Å². The van der Waals surface area contributed by atoms with Gasteiger partial charge < -0.3 is 4.90 Å². The molecule has 8 heteroatoms. The molecule has 0 saturated carbocycles. The van der Waals surface area contributed by atoms with E-state index >= 15 is 0 Å². The van der Waals surface area contributed by atoms with Gasteiger partial charge in [0, 0.05) is 24.6 Å². The van der Waals surface area contributed by atoms with Gasteiger partial charge in [-0.1, -0.05) is 30.3 Å². The third-order valence-electron chi connectivity index (χ3n) is 5.03. The molecule has 1 aliphatic heterocycles. The largest absolute Gasteiger partial charge is 0.332 e. The fourth-order valence-electron chi connectivity index (χ4n) is 3.51. The first-order chi connectivity index (χ1) is 14.9. The van der Waals surface area contributed by atoms with E-state index in [4.69, 9.17) is 0 Å². The predicted octanol–water partition coefficient (Wildman–Crippen LogP) is 4.48. The fourth-order valence-corrected chi connectivity index (χ4v) is 4.23. The van der Waals surface area contributed by atoms with Crippen molar-refractivity contribution in [1.82, 2.24) is 9.91 Å². The Morgan fingerprint density at radius 3 is 2.65 bits per heavy atom. The molecule has 0 fully saturated rings. The van der Waals surface area contributed by atoms with E-state index < -0.39 is 29.5 Å². The number of benzene rings is 2. The number of nitrogens with zero attached hydrogens (tertiary/aromatic N) is 3. The van der Waals surface area contributed by atoms with Crippen molar-refractivity contribution in [3.63, 3.8) is 0 Å². The van der Waals surface area contributed by atoms with Crippen molar-refractivity contribution >= 4 is 28.9 Å². The lowest BCUT2D eigenvalue weighted by Gasteiger charge is -2.25. The number of rotatable bonds is 5. The van der Waals surface area contributed by atoms with Crippen LogP contribution in [0, 0.1) is 11.6 Å². The zero-order valence-electron chi connectivity index (χ0n) is 16.7. The molecule has 5 nitrogen and oxygen atoms in total. The number of carbonyl (C=O) groups excluding carboxylic acids is 2. The second-order valence-electron chi connectivity index (χ2n) is 7.18. The highest BCUT2D eigenvalue weighted by atomic mass is 32.1. The molecular weight excluding hydrogens is 420 g/mol. The lowest BCUT2D eigenvalue weighted by Crippen LogP contribution is -2.39. The van der Waals surface area contributed by atoms with Crippen LogP contribution >= 0.6 is 11.3 Å². The van der Waals surface area contributed by atoms with E-state index in [1.54, 1.807) is 18.2 Å². The van der Waals surface area contributed by atoms with Gasteiger partial charge in [-0.3, -0.25) is 9.59 Å². The molecule has 0 bridgehead atoms. The number of thiophene rings is 1. The van der Waals surface area contributed by atoms with Crippen molar-refractivity contribution in [2.75, 3.05) is 13.6 Å². The van der Waals surface area contributed by atoms with E-state index in [0.717, 1.165) is 10.9 Å². The first kappa shape index (κ1) is 20.9. The van der Waals surface area contributed by atoms with E-state index in [1.165, 1.54) is 52.6 Å². The topological polar surface area (TPSA) is 53.0 Å². The predicted molar refractivity (Wildman–Crippen MR) is 115 cm³/mol. The van der Waals surface area contributed by atoms with Crippen molar-refractivity contribution in [2.24, 2.45) is 5.10 Å². The summed E-state index contributed by atoms with van der Waals surface area (Å²) < 4.78 is 28.0. The molecule has 4 rings (SSSR count). The Morgan fingerprint density at radius 1 is 1.13 bits per heavy atom. The average Bonchev–Trinajstić information content (AvgIpc) is 3.43. The van der Waals surface area contributed by atoms with Gasteiger partial charge in [0.1, 0.15) is 18.2 Å². The van der Waals surface area contributed by atoms with Gasteiger partial charge >= 0.3 is 0 Å². The zero-order chi connectivity index (χ0) is 22.0. The molecule has 158 valence electrons. The number of carbonyl (C=O) groups is 2. The summed E-state index contributed by atoms with van der Waals surface area (Å²) in [5.41, 5.74) is 1.20. The number of hydrazone groups is 1. The Bertz CT molecular complexity index is 1150. The van der Waals surface area contributed by atoms with Crippen LogP contribution in [0.1, 0.15) is 33.3 Å². The molecule has 2 heterocycles. The third-order valence-corrected chi connectivity index (χ3v) is 5.95. The molecular formula is C23H19F2N3O2S. The third kappa shape index (κ3) is 4.39. The zero-order valence-corrected chi connectivity index (χ0v) is 17.5. The van der Waals surface area contributed by atoms with Gasteiger partial charge in [0.2, 0.25) is 0 Å². The Labute approximate surface area is 182 Å². The van der Waals surface area contributed by atoms with Gasteiger partial charge in [-0.05, 0) is 35.7 Å². The minimum absolute atomic E-state index is 0.144. The van der Waals surface area contributed by atoms with Gasteiger partial charge in [-0.2, -0.15) is 5.10 Å². The van der Waals surface area contributed by atoms with Crippen molar-refractivity contribution < 1.29 is 18.4 Å². The summed E-state index contributed by atoms with van der Waals surface area (Å²) in [6.45, 7) is -0.276. The summed E-state index contributed by atoms with van der Waals surface area (Å²) in [5.74, 6) is -1.89. The maximum Gasteiger partial charge on any atom is 0.262 e. The van der Waals surface area contributed by atoms with Crippen LogP contribution in [-0.4, -0.2) is 41.0 Å². The van der Waals surface area contributed by atoms with E-state index in [2.05, 4.69) is 5.10 Å². The SMILES string of the molecule is CN(CC(=O)N1N=C(c2cccs2)C[C@@H]1c1ccccc1F)C(=O)c1cccc(F)c1. The van der Waals surface area contributed by atoms with Crippen LogP contribution in [0.25, 0.3) is 0 Å². The molecule has 0 radical (unpaired) electrons. The molecule has 2 amide bonds. The van der Waals surface area contributed by atoms with Crippen LogP contribution in [-0.2, 0) is 4.79 Å². The van der Waals surface area contributed by atoms with Crippen molar-refractivity contribution in [1.29, 1.82) is 0 Å². The van der Waals surface area contributed by atoms with Crippen LogP contribution < -0.4 is 0 Å². The van der Waals surface area contributed by atoms with E-state index in [0.29, 0.717) is 17.7 Å². The molecule has 31 heavy (non-hydrogen) atoms. The van der Waals surface area contributed by atoms with Crippen LogP contribution in [0.3, 0.4) is 0 Å². The fraction of sp³-hybridized carbons (Fsp3) is 0.174. The van der Waals surface area contributed by atoms with E-state index in [1.807, 2.05) is 17.5 Å². The monoisotopic (exact) mass is 439 g/mol. The minimum Gasteiger partial charge on any atom is -0.332 e. The van der Waals surface area contributed by atoms with Crippen LogP contribution in [0.4, 0.5) is 8.78 Å². The lowest BCUT2D eigenvalue weighted by molar-refractivity contribution is -0.133. The van der Waals surface area contributed by atoms with Crippen LogP contribution in [0.5, 0.6) is 0 Å². The van der Waals surface area contributed by atoms with E-state index in [-0.39, 0.29) is 12.1 Å². The summed E-state index contributed by atoms with van der Waals surface area (Å²) >= 11 is 1.49. The van der Waals surface area contributed by atoms with Crippen LogP contribution in [0.15, 0.2) is 71.1 Å². The molecule has 1 aromatic heterocycles. The molecule has 3 aromatic rings. The minimum atomic E-state index is -0.608. The van der Waals surface area contributed by atoms with Crippen LogP contribution in [0.2, 0.25) is 0 Å². The molecule has 1 atom stereocenters. The number of hydrogen-bond donors (Lipinski definition) is 0. The Morgan fingerprint density at radius 2 is 1.94 bits per heavy atom. The molecule has 1 aliphatic rings. The standard InChI is InChI=1S/C23H19F2N3O2S/c1-27(23(30)15-6-4-7-16(24)12-15)14-22(29)28-20(17-8-2-3-9-18(17)25)13-19(26-28)21-10-5-11-31-21/h2-12,20H,13-14H2,1H3/t20-/m1/s1. The van der Waals surface area contributed by atoms with Gasteiger partial charge in [-0.25, -0.2) is 13.8 Å². The normalized spacial score (nSPS) is 15.6. The maximum atomic E-state index is 14.5. The summed E-state index contributed by atoms with van der Waals surface area (Å²) in [6.07, 6.45) is 0.370. The quantitative estimate of drug-likeness (QED) is 0.589. The average molecular weight is 439 g/mol. The molecule has 0 spiro atoms. The Hall–Kier alpha value is -3.39. The highest BCUT2D eigenvalue weighted by Gasteiger charge is 2.35. The second-order valence-corrected chi connectivity index (χ2v) is 8.12. The Kier molecular flexibility index (Phi) is 5.90. The van der Waals surface area contributed by atoms with Gasteiger partial charge in [0.15, 0.2) is 0 Å². The van der Waals surface area contributed by atoms with Gasteiger partial charge in [0.25, 0.3) is 11.8 Å². The lowest BCUT2D eigenvalue weighted by atomic mass is 10.0. The number of halogens is 2. The smallest absolute Gasteiger partial charge is 0.262 e. The summed E-state index contributed by atoms with van der Waals surface area (Å²) in [4.78, 5) is 27.8. The highest BCUT2D eigenvalue weighted by molar-refractivity contribution is 7.12. The second kappa shape index (κ2) is 8.77. The Balaban J connectivity index is 1.58. The number of hydrogen-bond acceptors (Lipinski definition) is 4. The number of amides is 2. The molecule has 0 saturated heterocycles.